The number of aliphatic hydroxyl groups is 2. The van der Waals surface area contributed by atoms with Crippen LogP contribution in [0.2, 0.25) is 5.02 Å². The Hall–Kier alpha value is -2.48. The van der Waals surface area contributed by atoms with Crippen molar-refractivity contribution >= 4 is 34.5 Å². The summed E-state index contributed by atoms with van der Waals surface area (Å²) in [4.78, 5) is 16.5. The second-order valence-corrected chi connectivity index (χ2v) is 8.17. The van der Waals surface area contributed by atoms with Gasteiger partial charge in [-0.25, -0.2) is 15.0 Å². The molecule has 28 heavy (non-hydrogen) atoms. The molecule has 0 aliphatic carbocycles. The lowest BCUT2D eigenvalue weighted by Gasteiger charge is -2.33. The molecule has 0 spiro atoms. The third-order valence-electron chi connectivity index (χ3n) is 4.58. The minimum Gasteiger partial charge on any atom is -0.368 e. The largest absolute Gasteiger partial charge is 0.368 e. The summed E-state index contributed by atoms with van der Waals surface area (Å²) >= 11 is 6.09. The number of aliphatic hydroxyl groups excluding tert-OH is 1. The highest BCUT2D eigenvalue weighted by atomic mass is 35.5. The Labute approximate surface area is 168 Å². The normalized spacial score (nSPS) is 13.1. The number of H-pyrrole nitrogens is 1. The first kappa shape index (κ1) is 20.3. The molecule has 3 rings (SSSR count). The fraction of sp³-hybridized carbons (Fsp3) is 0.350. The SMILES string of the molecule is C=Cc1cnc(-c2c[nH]c3ncc(Cl)cc23)nc1N[C@H](CC(O)O)C(C)(C)C. The van der Waals surface area contributed by atoms with Crippen LogP contribution in [0.4, 0.5) is 5.82 Å². The zero-order valence-corrected chi connectivity index (χ0v) is 16.8. The van der Waals surface area contributed by atoms with Gasteiger partial charge in [-0.3, -0.25) is 0 Å². The summed E-state index contributed by atoms with van der Waals surface area (Å²) in [5, 5.41) is 23.6. The Kier molecular flexibility index (Phi) is 5.69. The minimum atomic E-state index is -1.42. The van der Waals surface area contributed by atoms with E-state index in [1.807, 2.05) is 26.8 Å². The number of fused-ring (bicyclic) bond motifs is 1. The average molecular weight is 402 g/mol. The summed E-state index contributed by atoms with van der Waals surface area (Å²) in [7, 11) is 0. The molecule has 0 aliphatic heterocycles. The molecule has 148 valence electrons. The van der Waals surface area contributed by atoms with E-state index in [4.69, 9.17) is 11.6 Å². The Morgan fingerprint density at radius 2 is 2.04 bits per heavy atom. The summed E-state index contributed by atoms with van der Waals surface area (Å²) in [5.41, 5.74) is 1.96. The highest BCUT2D eigenvalue weighted by Crippen LogP contribution is 2.31. The zero-order valence-electron chi connectivity index (χ0n) is 16.1. The molecule has 0 bridgehead atoms. The first-order chi connectivity index (χ1) is 13.2. The first-order valence-corrected chi connectivity index (χ1v) is 9.32. The quantitative estimate of drug-likeness (QED) is 0.467. The van der Waals surface area contributed by atoms with E-state index in [-0.39, 0.29) is 17.9 Å². The standard InChI is InChI=1S/C20H24ClN5O2/c1-5-11-8-22-19(14-10-24-18-13(14)6-12(21)9-23-18)26-17(11)25-15(7-16(27)28)20(2,3)4/h5-6,8-10,15-16,27-28H,1,7H2,2-4H3,(H,23,24)(H,22,25,26)/t15-/m1/s1. The van der Waals surface area contributed by atoms with Gasteiger partial charge in [0.2, 0.25) is 0 Å². The van der Waals surface area contributed by atoms with Crippen LogP contribution in [0.5, 0.6) is 0 Å². The van der Waals surface area contributed by atoms with Gasteiger partial charge in [0, 0.05) is 47.6 Å². The maximum Gasteiger partial charge on any atom is 0.163 e. The molecule has 3 aromatic rings. The predicted octanol–water partition coefficient (Wildman–Crippen LogP) is 3.84. The second-order valence-electron chi connectivity index (χ2n) is 7.73. The van der Waals surface area contributed by atoms with Crippen LogP contribution in [0.3, 0.4) is 0 Å². The van der Waals surface area contributed by atoms with Gasteiger partial charge in [0.05, 0.1) is 5.02 Å². The van der Waals surface area contributed by atoms with Gasteiger partial charge in [-0.1, -0.05) is 45.0 Å². The smallest absolute Gasteiger partial charge is 0.163 e. The van der Waals surface area contributed by atoms with Crippen LogP contribution in [0.15, 0.2) is 31.2 Å². The van der Waals surface area contributed by atoms with E-state index in [0.717, 1.165) is 16.5 Å². The number of nitrogens with zero attached hydrogens (tertiary/aromatic N) is 3. The van der Waals surface area contributed by atoms with Crippen LogP contribution < -0.4 is 5.32 Å². The minimum absolute atomic E-state index is 0.159. The fourth-order valence-corrected chi connectivity index (χ4v) is 3.11. The number of hydrogen-bond donors (Lipinski definition) is 4. The van der Waals surface area contributed by atoms with Gasteiger partial charge >= 0.3 is 0 Å². The van der Waals surface area contributed by atoms with Crippen molar-refractivity contribution in [1.82, 2.24) is 19.9 Å². The lowest BCUT2D eigenvalue weighted by Crippen LogP contribution is -2.37. The summed E-state index contributed by atoms with van der Waals surface area (Å²) < 4.78 is 0. The van der Waals surface area contributed by atoms with E-state index in [1.54, 1.807) is 24.7 Å². The molecule has 0 amide bonds. The zero-order chi connectivity index (χ0) is 20.5. The summed E-state index contributed by atoms with van der Waals surface area (Å²) in [5.74, 6) is 1.07. The Balaban J connectivity index is 2.04. The maximum atomic E-state index is 9.48. The molecule has 8 heteroatoms. The van der Waals surface area contributed by atoms with Gasteiger partial charge < -0.3 is 20.5 Å². The molecular formula is C20H24ClN5O2. The van der Waals surface area contributed by atoms with Crippen molar-refractivity contribution in [2.24, 2.45) is 5.41 Å². The summed E-state index contributed by atoms with van der Waals surface area (Å²) in [6.45, 7) is 9.90. The lowest BCUT2D eigenvalue weighted by molar-refractivity contribution is -0.0540. The number of halogens is 1. The van der Waals surface area contributed by atoms with Gasteiger partial charge in [-0.15, -0.1) is 0 Å². The molecule has 3 aromatic heterocycles. The van der Waals surface area contributed by atoms with Crippen molar-refractivity contribution in [2.45, 2.75) is 39.5 Å². The van der Waals surface area contributed by atoms with Gasteiger partial charge in [-0.2, -0.15) is 0 Å². The third kappa shape index (κ3) is 4.32. The van der Waals surface area contributed by atoms with Crippen LogP contribution >= 0.6 is 11.6 Å². The molecule has 3 heterocycles. The number of hydrogen-bond acceptors (Lipinski definition) is 6. The van der Waals surface area contributed by atoms with Crippen LogP contribution in [0.25, 0.3) is 28.5 Å². The van der Waals surface area contributed by atoms with Gasteiger partial charge in [0.25, 0.3) is 0 Å². The summed E-state index contributed by atoms with van der Waals surface area (Å²) in [6, 6.07) is 1.58. The number of aromatic amines is 1. The van der Waals surface area contributed by atoms with E-state index in [9.17, 15) is 10.2 Å². The fourth-order valence-electron chi connectivity index (χ4n) is 2.95. The average Bonchev–Trinajstić information content (AvgIpc) is 3.03. The van der Waals surface area contributed by atoms with Crippen LogP contribution in [0.1, 0.15) is 32.8 Å². The lowest BCUT2D eigenvalue weighted by atomic mass is 9.84. The van der Waals surface area contributed by atoms with Gasteiger partial charge in [0.15, 0.2) is 12.1 Å². The van der Waals surface area contributed by atoms with Crippen molar-refractivity contribution in [2.75, 3.05) is 5.32 Å². The van der Waals surface area contributed by atoms with Crippen molar-refractivity contribution in [3.05, 3.63) is 41.8 Å². The Morgan fingerprint density at radius 1 is 1.29 bits per heavy atom. The van der Waals surface area contributed by atoms with E-state index in [0.29, 0.717) is 22.3 Å². The van der Waals surface area contributed by atoms with E-state index in [1.165, 1.54) is 0 Å². The molecule has 0 fully saturated rings. The predicted molar refractivity (Wildman–Crippen MR) is 112 cm³/mol. The Morgan fingerprint density at radius 3 is 2.68 bits per heavy atom. The van der Waals surface area contributed by atoms with Gasteiger partial charge in [0.1, 0.15) is 11.5 Å². The molecule has 4 N–H and O–H groups in total. The van der Waals surface area contributed by atoms with Crippen LogP contribution in [-0.2, 0) is 0 Å². The Bertz CT molecular complexity index is 994. The van der Waals surface area contributed by atoms with Crippen molar-refractivity contribution < 1.29 is 10.2 Å². The van der Waals surface area contributed by atoms with Gasteiger partial charge in [-0.05, 0) is 11.5 Å². The van der Waals surface area contributed by atoms with Crippen LogP contribution in [0, 0.1) is 5.41 Å². The summed E-state index contributed by atoms with van der Waals surface area (Å²) in [6.07, 6.45) is 5.45. The molecule has 0 aromatic carbocycles. The van der Waals surface area contributed by atoms with E-state index >= 15 is 0 Å². The topological polar surface area (TPSA) is 107 Å². The highest BCUT2D eigenvalue weighted by molar-refractivity contribution is 6.31. The maximum absolute atomic E-state index is 9.48. The van der Waals surface area contributed by atoms with Crippen molar-refractivity contribution in [3.8, 4) is 11.4 Å². The number of rotatable bonds is 6. The van der Waals surface area contributed by atoms with Crippen LogP contribution in [-0.4, -0.2) is 42.5 Å². The molecule has 7 nitrogen and oxygen atoms in total. The third-order valence-corrected chi connectivity index (χ3v) is 4.79. The number of nitrogens with one attached hydrogen (secondary N) is 2. The number of anilines is 1. The molecular weight excluding hydrogens is 378 g/mol. The molecule has 0 saturated heterocycles. The monoisotopic (exact) mass is 401 g/mol. The number of aromatic nitrogens is 4. The van der Waals surface area contributed by atoms with E-state index in [2.05, 4.69) is 31.8 Å². The molecule has 0 radical (unpaired) electrons. The second kappa shape index (κ2) is 7.87. The molecule has 0 unspecified atom stereocenters. The molecule has 1 atom stereocenters. The first-order valence-electron chi connectivity index (χ1n) is 8.94. The molecule has 0 saturated carbocycles. The molecule has 0 aliphatic rings. The number of pyridine rings is 1. The van der Waals surface area contributed by atoms with Crippen molar-refractivity contribution in [3.63, 3.8) is 0 Å². The van der Waals surface area contributed by atoms with E-state index < -0.39 is 6.29 Å². The highest BCUT2D eigenvalue weighted by Gasteiger charge is 2.27. The van der Waals surface area contributed by atoms with Crippen molar-refractivity contribution in [1.29, 1.82) is 0 Å².